The molecule has 1 aliphatic rings. The number of thioether (sulfide) groups is 1. The van der Waals surface area contributed by atoms with Gasteiger partial charge in [-0.1, -0.05) is 18.2 Å². The molecular formula is C19H23N3OS. The van der Waals surface area contributed by atoms with E-state index in [9.17, 15) is 4.79 Å². The second-order valence-electron chi connectivity index (χ2n) is 6.08. The van der Waals surface area contributed by atoms with Crippen molar-refractivity contribution < 1.29 is 4.79 Å². The zero-order valence-corrected chi connectivity index (χ0v) is 14.8. The Morgan fingerprint density at radius 1 is 1.33 bits per heavy atom. The van der Waals surface area contributed by atoms with Gasteiger partial charge in [-0.15, -0.1) is 11.8 Å². The predicted octanol–water partition coefficient (Wildman–Crippen LogP) is 3.01. The Bertz CT molecular complexity index is 690. The SMILES string of the molecule is CN1CCCc2cc(CNC(=O)CSCc3ccccn3)ccc21. The minimum Gasteiger partial charge on any atom is -0.374 e. The average Bonchev–Trinajstić information content (AvgIpc) is 2.61. The Labute approximate surface area is 147 Å². The molecule has 5 heteroatoms. The maximum Gasteiger partial charge on any atom is 0.230 e. The van der Waals surface area contributed by atoms with Crippen molar-refractivity contribution >= 4 is 23.4 Å². The van der Waals surface area contributed by atoms with Crippen LogP contribution in [0.2, 0.25) is 0 Å². The third-order valence-corrected chi connectivity index (χ3v) is 5.16. The van der Waals surface area contributed by atoms with Crippen LogP contribution in [0.3, 0.4) is 0 Å². The summed E-state index contributed by atoms with van der Waals surface area (Å²) in [6.07, 6.45) is 4.11. The van der Waals surface area contributed by atoms with Crippen LogP contribution in [0.15, 0.2) is 42.6 Å². The Hall–Kier alpha value is -2.01. The first kappa shape index (κ1) is 16.8. The number of amides is 1. The summed E-state index contributed by atoms with van der Waals surface area (Å²) >= 11 is 1.59. The molecule has 1 aromatic heterocycles. The standard InChI is InChI=1S/C19H23N3OS/c1-22-10-4-5-16-11-15(7-8-18(16)22)12-21-19(23)14-24-13-17-6-2-3-9-20-17/h2-3,6-9,11H,4-5,10,12-14H2,1H3,(H,21,23). The molecule has 0 bridgehead atoms. The van der Waals surface area contributed by atoms with Gasteiger partial charge in [-0.25, -0.2) is 0 Å². The van der Waals surface area contributed by atoms with Gasteiger partial charge < -0.3 is 10.2 Å². The first-order valence-corrected chi connectivity index (χ1v) is 9.45. The molecule has 1 aliphatic heterocycles. The molecule has 126 valence electrons. The predicted molar refractivity (Wildman–Crippen MR) is 100 cm³/mol. The number of hydrogen-bond donors (Lipinski definition) is 1. The van der Waals surface area contributed by atoms with Gasteiger partial charge in [0.25, 0.3) is 0 Å². The quantitative estimate of drug-likeness (QED) is 0.877. The molecule has 4 nitrogen and oxygen atoms in total. The number of hydrogen-bond acceptors (Lipinski definition) is 4. The lowest BCUT2D eigenvalue weighted by atomic mass is 9.99. The molecule has 1 N–H and O–H groups in total. The van der Waals surface area contributed by atoms with Gasteiger partial charge in [-0.3, -0.25) is 9.78 Å². The average molecular weight is 341 g/mol. The first-order valence-electron chi connectivity index (χ1n) is 8.29. The van der Waals surface area contributed by atoms with E-state index in [2.05, 4.69) is 40.4 Å². The van der Waals surface area contributed by atoms with Crippen molar-refractivity contribution in [2.45, 2.75) is 25.1 Å². The summed E-state index contributed by atoms with van der Waals surface area (Å²) in [6.45, 7) is 1.72. The Morgan fingerprint density at radius 2 is 2.25 bits per heavy atom. The van der Waals surface area contributed by atoms with Crippen molar-refractivity contribution in [3.05, 3.63) is 59.4 Å². The number of aromatic nitrogens is 1. The summed E-state index contributed by atoms with van der Waals surface area (Å²) < 4.78 is 0. The number of pyridine rings is 1. The van der Waals surface area contributed by atoms with Crippen LogP contribution in [0.25, 0.3) is 0 Å². The molecule has 0 saturated carbocycles. The summed E-state index contributed by atoms with van der Waals surface area (Å²) in [5, 5.41) is 3.01. The lowest BCUT2D eigenvalue weighted by molar-refractivity contribution is -0.118. The third-order valence-electron chi connectivity index (χ3n) is 4.19. The lowest BCUT2D eigenvalue weighted by Gasteiger charge is -2.27. The van der Waals surface area contributed by atoms with E-state index in [1.807, 2.05) is 18.2 Å². The number of anilines is 1. The van der Waals surface area contributed by atoms with Gasteiger partial charge >= 0.3 is 0 Å². The highest BCUT2D eigenvalue weighted by molar-refractivity contribution is 7.99. The number of aryl methyl sites for hydroxylation is 1. The van der Waals surface area contributed by atoms with Crippen LogP contribution in [-0.4, -0.2) is 30.2 Å². The maximum atomic E-state index is 12.0. The van der Waals surface area contributed by atoms with Crippen molar-refractivity contribution in [2.24, 2.45) is 0 Å². The molecule has 0 aliphatic carbocycles. The van der Waals surface area contributed by atoms with Gasteiger partial charge in [0.2, 0.25) is 5.91 Å². The zero-order chi connectivity index (χ0) is 16.8. The number of fused-ring (bicyclic) bond motifs is 1. The number of rotatable bonds is 6. The molecule has 3 rings (SSSR count). The molecule has 0 spiro atoms. The number of benzene rings is 1. The summed E-state index contributed by atoms with van der Waals surface area (Å²) in [6, 6.07) is 12.4. The Balaban J connectivity index is 1.44. The monoisotopic (exact) mass is 341 g/mol. The van der Waals surface area contributed by atoms with Gasteiger partial charge in [0.05, 0.1) is 11.4 Å². The van der Waals surface area contributed by atoms with Crippen molar-refractivity contribution in [2.75, 3.05) is 24.2 Å². The van der Waals surface area contributed by atoms with Crippen LogP contribution in [0.1, 0.15) is 23.2 Å². The summed E-state index contributed by atoms with van der Waals surface area (Å²) in [4.78, 5) is 18.5. The molecule has 24 heavy (non-hydrogen) atoms. The van der Waals surface area contributed by atoms with E-state index in [4.69, 9.17) is 0 Å². The van der Waals surface area contributed by atoms with Crippen LogP contribution in [-0.2, 0) is 23.5 Å². The number of nitrogens with one attached hydrogen (secondary N) is 1. The van der Waals surface area contributed by atoms with E-state index in [1.54, 1.807) is 18.0 Å². The van der Waals surface area contributed by atoms with E-state index in [1.165, 1.54) is 23.2 Å². The van der Waals surface area contributed by atoms with Crippen LogP contribution in [0, 0.1) is 0 Å². The van der Waals surface area contributed by atoms with Gasteiger partial charge in [-0.05, 0) is 42.2 Å². The summed E-state index contributed by atoms with van der Waals surface area (Å²) in [5.74, 6) is 1.30. The fraction of sp³-hybridized carbons (Fsp3) is 0.368. The second kappa shape index (κ2) is 8.20. The van der Waals surface area contributed by atoms with Crippen molar-refractivity contribution in [1.29, 1.82) is 0 Å². The smallest absolute Gasteiger partial charge is 0.230 e. The normalized spacial score (nSPS) is 13.5. The molecular weight excluding hydrogens is 318 g/mol. The highest BCUT2D eigenvalue weighted by Crippen LogP contribution is 2.26. The highest BCUT2D eigenvalue weighted by Gasteiger charge is 2.13. The largest absolute Gasteiger partial charge is 0.374 e. The number of carbonyl (C=O) groups is 1. The molecule has 2 aromatic rings. The van der Waals surface area contributed by atoms with Gasteiger partial charge in [0.15, 0.2) is 0 Å². The highest BCUT2D eigenvalue weighted by atomic mass is 32.2. The molecule has 1 amide bonds. The minimum absolute atomic E-state index is 0.0748. The molecule has 0 unspecified atom stereocenters. The fourth-order valence-corrected chi connectivity index (χ4v) is 3.70. The summed E-state index contributed by atoms with van der Waals surface area (Å²) in [5.41, 5.74) is 4.89. The van der Waals surface area contributed by atoms with E-state index in [-0.39, 0.29) is 5.91 Å². The summed E-state index contributed by atoms with van der Waals surface area (Å²) in [7, 11) is 2.14. The molecule has 1 aromatic carbocycles. The third kappa shape index (κ3) is 4.51. The molecule has 0 fully saturated rings. The van der Waals surface area contributed by atoms with Crippen LogP contribution in [0.5, 0.6) is 0 Å². The van der Waals surface area contributed by atoms with Crippen LogP contribution in [0.4, 0.5) is 5.69 Å². The van der Waals surface area contributed by atoms with Gasteiger partial charge in [-0.2, -0.15) is 0 Å². The van der Waals surface area contributed by atoms with Crippen molar-refractivity contribution in [3.63, 3.8) is 0 Å². The van der Waals surface area contributed by atoms with Crippen LogP contribution >= 0.6 is 11.8 Å². The topological polar surface area (TPSA) is 45.2 Å². The Kier molecular flexibility index (Phi) is 5.75. The number of nitrogens with zero attached hydrogens (tertiary/aromatic N) is 2. The van der Waals surface area contributed by atoms with E-state index < -0.39 is 0 Å². The Morgan fingerprint density at radius 3 is 3.08 bits per heavy atom. The maximum absolute atomic E-state index is 12.0. The van der Waals surface area contributed by atoms with Crippen LogP contribution < -0.4 is 10.2 Å². The number of carbonyl (C=O) groups excluding carboxylic acids is 1. The van der Waals surface area contributed by atoms with E-state index in [0.717, 1.165) is 24.4 Å². The van der Waals surface area contributed by atoms with Gasteiger partial charge in [0.1, 0.15) is 0 Å². The molecule has 2 heterocycles. The van der Waals surface area contributed by atoms with E-state index in [0.29, 0.717) is 12.3 Å². The second-order valence-corrected chi connectivity index (χ2v) is 7.06. The zero-order valence-electron chi connectivity index (χ0n) is 14.0. The van der Waals surface area contributed by atoms with E-state index >= 15 is 0 Å². The molecule has 0 atom stereocenters. The fourth-order valence-electron chi connectivity index (χ4n) is 2.93. The molecule has 0 saturated heterocycles. The van der Waals surface area contributed by atoms with Crippen molar-refractivity contribution in [3.8, 4) is 0 Å². The first-order chi connectivity index (χ1) is 11.7. The van der Waals surface area contributed by atoms with Crippen molar-refractivity contribution in [1.82, 2.24) is 10.3 Å². The van der Waals surface area contributed by atoms with Gasteiger partial charge in [0, 0.05) is 37.8 Å². The molecule has 0 radical (unpaired) electrons. The minimum atomic E-state index is 0.0748. The lowest BCUT2D eigenvalue weighted by Crippen LogP contribution is -2.26.